The van der Waals surface area contributed by atoms with Crippen molar-refractivity contribution in [2.45, 2.75) is 13.8 Å². The summed E-state index contributed by atoms with van der Waals surface area (Å²) in [5.74, 6) is 0.856. The van der Waals surface area contributed by atoms with Crippen LogP contribution in [0.25, 0.3) is 0 Å². The Morgan fingerprint density at radius 2 is 1.64 bits per heavy atom. The van der Waals surface area contributed by atoms with Gasteiger partial charge < -0.3 is 25.4 Å². The van der Waals surface area contributed by atoms with Gasteiger partial charge in [0, 0.05) is 30.4 Å². The second kappa shape index (κ2) is 8.28. The number of nitrogens with one attached hydrogen (secondary N) is 1. The summed E-state index contributed by atoms with van der Waals surface area (Å²) < 4.78 is 10.4. The zero-order valence-corrected chi connectivity index (χ0v) is 15.1. The van der Waals surface area contributed by atoms with Crippen LogP contribution in [0.1, 0.15) is 24.2 Å². The molecule has 2 rings (SSSR count). The molecule has 1 amide bonds. The van der Waals surface area contributed by atoms with Crippen molar-refractivity contribution in [3.63, 3.8) is 0 Å². The zero-order chi connectivity index (χ0) is 18.4. The first-order valence-electron chi connectivity index (χ1n) is 8.21. The van der Waals surface area contributed by atoms with Crippen LogP contribution in [0, 0.1) is 0 Å². The number of nitrogens with two attached hydrogens (primary N) is 1. The molecule has 0 bridgehead atoms. The van der Waals surface area contributed by atoms with E-state index in [4.69, 9.17) is 15.2 Å². The number of anilines is 3. The molecule has 6 nitrogen and oxygen atoms in total. The number of carbonyl (C=O) groups excluding carboxylic acids is 1. The van der Waals surface area contributed by atoms with Gasteiger partial charge in [-0.2, -0.15) is 0 Å². The smallest absolute Gasteiger partial charge is 0.255 e. The third-order valence-electron chi connectivity index (χ3n) is 4.00. The van der Waals surface area contributed by atoms with Crippen LogP contribution in [0.5, 0.6) is 11.5 Å². The van der Waals surface area contributed by atoms with Crippen molar-refractivity contribution in [1.29, 1.82) is 0 Å². The summed E-state index contributed by atoms with van der Waals surface area (Å²) in [5.41, 5.74) is 8.83. The minimum Gasteiger partial charge on any atom is -0.497 e. The topological polar surface area (TPSA) is 76.8 Å². The monoisotopic (exact) mass is 343 g/mol. The maximum Gasteiger partial charge on any atom is 0.255 e. The molecule has 134 valence electrons. The molecule has 0 aliphatic heterocycles. The Morgan fingerprint density at radius 3 is 2.12 bits per heavy atom. The normalized spacial score (nSPS) is 10.2. The number of nitrogens with zero attached hydrogens (tertiary/aromatic N) is 1. The molecule has 6 heteroatoms. The van der Waals surface area contributed by atoms with Crippen molar-refractivity contribution >= 4 is 23.0 Å². The summed E-state index contributed by atoms with van der Waals surface area (Å²) in [6.07, 6.45) is 0. The molecule has 3 N–H and O–H groups in total. The van der Waals surface area contributed by atoms with Gasteiger partial charge in [0.25, 0.3) is 5.91 Å². The fourth-order valence-electron chi connectivity index (χ4n) is 2.63. The Kier molecular flexibility index (Phi) is 6.11. The van der Waals surface area contributed by atoms with Gasteiger partial charge in [-0.05, 0) is 44.2 Å². The van der Waals surface area contributed by atoms with Gasteiger partial charge in [-0.3, -0.25) is 4.79 Å². The van der Waals surface area contributed by atoms with E-state index in [-0.39, 0.29) is 5.91 Å². The van der Waals surface area contributed by atoms with Crippen LogP contribution in [-0.2, 0) is 0 Å². The fraction of sp³-hybridized carbons (Fsp3) is 0.316. The molecule has 0 unspecified atom stereocenters. The molecule has 0 aliphatic rings. The number of rotatable bonds is 7. The van der Waals surface area contributed by atoms with E-state index in [1.807, 2.05) is 12.1 Å². The Labute approximate surface area is 148 Å². The number of nitrogen functional groups attached to an aromatic ring is 1. The first kappa shape index (κ1) is 18.4. The fourth-order valence-corrected chi connectivity index (χ4v) is 2.63. The van der Waals surface area contributed by atoms with Crippen LogP contribution in [0.3, 0.4) is 0 Å². The van der Waals surface area contributed by atoms with E-state index in [9.17, 15) is 4.79 Å². The molecular weight excluding hydrogens is 318 g/mol. The minimum atomic E-state index is -0.257. The van der Waals surface area contributed by atoms with E-state index in [1.165, 1.54) is 0 Å². The van der Waals surface area contributed by atoms with Gasteiger partial charge in [-0.1, -0.05) is 0 Å². The number of benzene rings is 2. The molecule has 0 aromatic heterocycles. The molecule has 25 heavy (non-hydrogen) atoms. The Balaban J connectivity index is 2.22. The van der Waals surface area contributed by atoms with Gasteiger partial charge in [0.1, 0.15) is 11.5 Å². The molecule has 0 radical (unpaired) electrons. The lowest BCUT2D eigenvalue weighted by Gasteiger charge is -2.23. The zero-order valence-electron chi connectivity index (χ0n) is 15.1. The van der Waals surface area contributed by atoms with Crippen molar-refractivity contribution < 1.29 is 14.3 Å². The van der Waals surface area contributed by atoms with Crippen molar-refractivity contribution in [3.8, 4) is 11.5 Å². The Hall–Kier alpha value is -2.89. The highest BCUT2D eigenvalue weighted by atomic mass is 16.5. The van der Waals surface area contributed by atoms with E-state index < -0.39 is 0 Å². The lowest BCUT2D eigenvalue weighted by atomic mass is 10.1. The third-order valence-corrected chi connectivity index (χ3v) is 4.00. The largest absolute Gasteiger partial charge is 0.497 e. The van der Waals surface area contributed by atoms with Crippen LogP contribution in [-0.4, -0.2) is 33.2 Å². The van der Waals surface area contributed by atoms with Gasteiger partial charge in [0.05, 0.1) is 25.6 Å². The summed E-state index contributed by atoms with van der Waals surface area (Å²) in [5, 5.41) is 2.86. The number of hydrogen-bond donors (Lipinski definition) is 2. The Bertz CT molecular complexity index is 720. The average molecular weight is 343 g/mol. The molecule has 2 aromatic rings. The second-order valence-electron chi connectivity index (χ2n) is 5.50. The van der Waals surface area contributed by atoms with E-state index in [0.29, 0.717) is 28.4 Å². The number of ether oxygens (including phenoxy) is 2. The molecule has 0 heterocycles. The van der Waals surface area contributed by atoms with Gasteiger partial charge in [0.15, 0.2) is 0 Å². The van der Waals surface area contributed by atoms with E-state index in [0.717, 1.165) is 18.8 Å². The van der Waals surface area contributed by atoms with Crippen LogP contribution >= 0.6 is 0 Å². The van der Waals surface area contributed by atoms with Gasteiger partial charge in [-0.15, -0.1) is 0 Å². The highest BCUT2D eigenvalue weighted by molar-refractivity contribution is 6.05. The second-order valence-corrected chi connectivity index (χ2v) is 5.50. The predicted octanol–water partition coefficient (Wildman–Crippen LogP) is 3.38. The molecule has 0 aliphatic carbocycles. The minimum absolute atomic E-state index is 0.257. The lowest BCUT2D eigenvalue weighted by molar-refractivity contribution is 0.102. The quantitative estimate of drug-likeness (QED) is 0.754. The molecule has 0 spiro atoms. The van der Waals surface area contributed by atoms with Crippen LogP contribution < -0.4 is 25.4 Å². The number of hydrogen-bond acceptors (Lipinski definition) is 5. The van der Waals surface area contributed by atoms with Crippen molar-refractivity contribution in [2.75, 3.05) is 43.3 Å². The summed E-state index contributed by atoms with van der Waals surface area (Å²) >= 11 is 0. The van der Waals surface area contributed by atoms with Gasteiger partial charge in [0.2, 0.25) is 0 Å². The summed E-state index contributed by atoms with van der Waals surface area (Å²) in [4.78, 5) is 14.7. The van der Waals surface area contributed by atoms with Crippen molar-refractivity contribution in [2.24, 2.45) is 0 Å². The van der Waals surface area contributed by atoms with Crippen LogP contribution in [0.4, 0.5) is 17.1 Å². The maximum absolute atomic E-state index is 12.5. The standard InChI is InChI=1S/C19H25N3O3/c1-5-22(6-2)18-8-7-14(11-17(18)20)21-19(23)13-9-15(24-3)12-16(10-13)25-4/h7-12H,5-6,20H2,1-4H3,(H,21,23). The molecule has 0 fully saturated rings. The van der Waals surface area contributed by atoms with E-state index in [2.05, 4.69) is 24.1 Å². The first-order chi connectivity index (χ1) is 12.0. The molecule has 0 saturated heterocycles. The molecular formula is C19H25N3O3. The summed E-state index contributed by atoms with van der Waals surface area (Å²) in [6.45, 7) is 5.90. The maximum atomic E-state index is 12.5. The number of amides is 1. The molecule has 0 saturated carbocycles. The van der Waals surface area contributed by atoms with E-state index >= 15 is 0 Å². The van der Waals surface area contributed by atoms with Crippen molar-refractivity contribution in [1.82, 2.24) is 0 Å². The van der Waals surface area contributed by atoms with Crippen LogP contribution in [0.15, 0.2) is 36.4 Å². The first-order valence-corrected chi connectivity index (χ1v) is 8.21. The van der Waals surface area contributed by atoms with Crippen molar-refractivity contribution in [3.05, 3.63) is 42.0 Å². The number of carbonyl (C=O) groups is 1. The summed E-state index contributed by atoms with van der Waals surface area (Å²) in [6, 6.07) is 10.6. The Morgan fingerprint density at radius 1 is 1.04 bits per heavy atom. The van der Waals surface area contributed by atoms with Gasteiger partial charge >= 0.3 is 0 Å². The predicted molar refractivity (Wildman–Crippen MR) is 102 cm³/mol. The molecule has 2 aromatic carbocycles. The lowest BCUT2D eigenvalue weighted by Crippen LogP contribution is -2.23. The highest BCUT2D eigenvalue weighted by Crippen LogP contribution is 2.27. The molecule has 0 atom stereocenters. The summed E-state index contributed by atoms with van der Waals surface area (Å²) in [7, 11) is 3.09. The van der Waals surface area contributed by atoms with E-state index in [1.54, 1.807) is 38.5 Å². The third kappa shape index (κ3) is 4.35. The highest BCUT2D eigenvalue weighted by Gasteiger charge is 2.12. The SMILES string of the molecule is CCN(CC)c1ccc(NC(=O)c2cc(OC)cc(OC)c2)cc1N. The van der Waals surface area contributed by atoms with Gasteiger partial charge in [-0.25, -0.2) is 0 Å². The number of methoxy groups -OCH3 is 2. The van der Waals surface area contributed by atoms with Crippen LogP contribution in [0.2, 0.25) is 0 Å². The average Bonchev–Trinajstić information content (AvgIpc) is 2.63.